The minimum absolute atomic E-state index is 1.10. The van der Waals surface area contributed by atoms with E-state index in [-0.39, 0.29) is 0 Å². The number of hydrogen-bond donors (Lipinski definition) is 0. The van der Waals surface area contributed by atoms with Crippen LogP contribution < -0.4 is 0 Å². The van der Waals surface area contributed by atoms with Crippen LogP contribution in [0, 0.1) is 0 Å². The Labute approximate surface area is 227 Å². The van der Waals surface area contributed by atoms with Gasteiger partial charge in [0, 0.05) is 0 Å². The lowest BCUT2D eigenvalue weighted by atomic mass is 9.84. The summed E-state index contributed by atoms with van der Waals surface area (Å²) in [5.41, 5.74) is 15.8. The minimum atomic E-state index is 1.10. The van der Waals surface area contributed by atoms with Gasteiger partial charge in [0.25, 0.3) is 0 Å². The summed E-state index contributed by atoms with van der Waals surface area (Å²) in [7, 11) is 0. The monoisotopic (exact) mass is 490 g/mol. The van der Waals surface area contributed by atoms with E-state index in [1.807, 2.05) is 0 Å². The van der Waals surface area contributed by atoms with E-state index >= 15 is 0 Å². The Balaban J connectivity index is 1.58. The van der Waals surface area contributed by atoms with Crippen LogP contribution in [0.15, 0.2) is 133 Å². The van der Waals surface area contributed by atoms with Crippen molar-refractivity contribution in [2.24, 2.45) is 0 Å². The molecule has 0 radical (unpaired) electrons. The molecule has 0 nitrogen and oxygen atoms in total. The van der Waals surface area contributed by atoms with Crippen LogP contribution in [0.1, 0.15) is 50.7 Å². The molecule has 38 heavy (non-hydrogen) atoms. The van der Waals surface area contributed by atoms with Gasteiger partial charge >= 0.3 is 0 Å². The third kappa shape index (κ3) is 5.00. The third-order valence-corrected chi connectivity index (χ3v) is 7.82. The van der Waals surface area contributed by atoms with Crippen LogP contribution in [0.25, 0.3) is 44.5 Å². The molecule has 0 fully saturated rings. The first-order chi connectivity index (χ1) is 18.7. The van der Waals surface area contributed by atoms with E-state index in [0.717, 1.165) is 25.7 Å². The second kappa shape index (κ2) is 10.7. The first-order valence-corrected chi connectivity index (χ1v) is 13.8. The van der Waals surface area contributed by atoms with E-state index in [1.165, 1.54) is 66.8 Å². The lowest BCUT2D eigenvalue weighted by Crippen LogP contribution is -1.98. The van der Waals surface area contributed by atoms with Gasteiger partial charge in [-0.3, -0.25) is 0 Å². The topological polar surface area (TPSA) is 0 Å². The van der Waals surface area contributed by atoms with Crippen molar-refractivity contribution >= 4 is 11.1 Å². The summed E-state index contributed by atoms with van der Waals surface area (Å²) < 4.78 is 0. The predicted molar refractivity (Wildman–Crippen MR) is 165 cm³/mol. The van der Waals surface area contributed by atoms with E-state index in [4.69, 9.17) is 0 Å². The van der Waals surface area contributed by atoms with Gasteiger partial charge in [-0.2, -0.15) is 0 Å². The molecular formula is C38H34. The van der Waals surface area contributed by atoms with Gasteiger partial charge in [0.05, 0.1) is 0 Å². The maximum absolute atomic E-state index is 2.41. The maximum Gasteiger partial charge on any atom is -0.0168 e. The van der Waals surface area contributed by atoms with Gasteiger partial charge in [-0.15, -0.1) is 0 Å². The summed E-state index contributed by atoms with van der Waals surface area (Å²) in [5, 5.41) is 0. The highest BCUT2D eigenvalue weighted by Crippen LogP contribution is 2.39. The van der Waals surface area contributed by atoms with Gasteiger partial charge in [-0.05, 0) is 137 Å². The summed E-state index contributed by atoms with van der Waals surface area (Å²) in [6, 6.07) is 35.8. The van der Waals surface area contributed by atoms with Crippen molar-refractivity contribution in [3.05, 3.63) is 144 Å². The van der Waals surface area contributed by atoms with Crippen LogP contribution in [0.3, 0.4) is 0 Å². The Morgan fingerprint density at radius 2 is 1.00 bits per heavy atom. The molecule has 0 saturated heterocycles. The standard InChI is InChI=1S/C38H34/c1-27-13-12-14-28(2)38(27)37-25-34(31-19-10-5-11-20-31)24-36(26-37)35-22-32(29-15-6-3-7-16-29)21-33(23-35)30-17-8-4-9-18-30/h3,5-8,10-11,13,15-26H,4,9,12,14H2,1-2H3. The molecule has 0 aliphatic heterocycles. The fourth-order valence-corrected chi connectivity index (χ4v) is 5.86. The Morgan fingerprint density at radius 3 is 1.53 bits per heavy atom. The highest BCUT2D eigenvalue weighted by atomic mass is 14.2. The maximum atomic E-state index is 2.41. The molecule has 2 aliphatic carbocycles. The summed E-state index contributed by atoms with van der Waals surface area (Å²) in [5.74, 6) is 0. The zero-order valence-electron chi connectivity index (χ0n) is 22.4. The molecule has 0 saturated carbocycles. The normalized spacial score (nSPS) is 15.3. The fraction of sp³-hybridized carbons (Fsp3) is 0.158. The second-order valence-electron chi connectivity index (χ2n) is 10.6. The Bertz CT molecular complexity index is 1590. The smallest absolute Gasteiger partial charge is 0.0168 e. The van der Waals surface area contributed by atoms with E-state index in [0.29, 0.717) is 0 Å². The number of rotatable bonds is 5. The van der Waals surface area contributed by atoms with Crippen LogP contribution in [-0.4, -0.2) is 0 Å². The van der Waals surface area contributed by atoms with Crippen molar-refractivity contribution in [2.45, 2.75) is 39.5 Å². The quantitative estimate of drug-likeness (QED) is 0.261. The largest absolute Gasteiger partial charge is 0.0836 e. The van der Waals surface area contributed by atoms with Crippen molar-refractivity contribution < 1.29 is 0 Å². The van der Waals surface area contributed by atoms with Crippen LogP contribution >= 0.6 is 0 Å². The van der Waals surface area contributed by atoms with Crippen molar-refractivity contribution in [1.29, 1.82) is 0 Å². The molecule has 4 aromatic carbocycles. The van der Waals surface area contributed by atoms with Crippen molar-refractivity contribution in [2.75, 3.05) is 0 Å². The Hall–Kier alpha value is -4.16. The highest BCUT2D eigenvalue weighted by Gasteiger charge is 2.16. The molecule has 0 atom stereocenters. The Morgan fingerprint density at radius 1 is 0.474 bits per heavy atom. The Kier molecular flexibility index (Phi) is 6.80. The van der Waals surface area contributed by atoms with Gasteiger partial charge < -0.3 is 0 Å². The fourth-order valence-electron chi connectivity index (χ4n) is 5.86. The SMILES string of the molecule is CC1=CCCC(C)=C1c1cc(-c2ccccc2)cc(-c2cc(C3=CCCC=C3)cc(-c3ccccc3)c2)c1. The molecule has 2 aliphatic rings. The average Bonchev–Trinajstić information content (AvgIpc) is 2.98. The zero-order valence-corrected chi connectivity index (χ0v) is 22.4. The van der Waals surface area contributed by atoms with Crippen molar-refractivity contribution in [1.82, 2.24) is 0 Å². The van der Waals surface area contributed by atoms with Crippen LogP contribution in [0.5, 0.6) is 0 Å². The van der Waals surface area contributed by atoms with Crippen LogP contribution in [0.2, 0.25) is 0 Å². The molecular weight excluding hydrogens is 456 g/mol. The third-order valence-electron chi connectivity index (χ3n) is 7.82. The molecule has 0 N–H and O–H groups in total. The van der Waals surface area contributed by atoms with Gasteiger partial charge in [-0.25, -0.2) is 0 Å². The van der Waals surface area contributed by atoms with Gasteiger partial charge in [-0.1, -0.05) is 90.5 Å². The van der Waals surface area contributed by atoms with Crippen molar-refractivity contribution in [3.8, 4) is 33.4 Å². The predicted octanol–water partition coefficient (Wildman–Crippen LogP) is 10.9. The van der Waals surface area contributed by atoms with E-state index in [1.54, 1.807) is 0 Å². The van der Waals surface area contributed by atoms with Crippen LogP contribution in [0.4, 0.5) is 0 Å². The lowest BCUT2D eigenvalue weighted by molar-refractivity contribution is 0.953. The second-order valence-corrected chi connectivity index (χ2v) is 10.6. The zero-order chi connectivity index (χ0) is 25.9. The summed E-state index contributed by atoms with van der Waals surface area (Å²) >= 11 is 0. The molecule has 0 aromatic heterocycles. The van der Waals surface area contributed by atoms with Gasteiger partial charge in [0.1, 0.15) is 0 Å². The van der Waals surface area contributed by atoms with Gasteiger partial charge in [0.15, 0.2) is 0 Å². The first kappa shape index (κ1) is 24.2. The average molecular weight is 491 g/mol. The molecule has 0 heterocycles. The molecule has 6 rings (SSSR count). The first-order valence-electron chi connectivity index (χ1n) is 13.8. The summed E-state index contributed by atoms with van der Waals surface area (Å²) in [4.78, 5) is 0. The van der Waals surface area contributed by atoms with Gasteiger partial charge in [0.2, 0.25) is 0 Å². The molecule has 0 unspecified atom stereocenters. The molecule has 0 heteroatoms. The molecule has 0 spiro atoms. The number of allylic oxidation sites excluding steroid dienone is 8. The highest BCUT2D eigenvalue weighted by molar-refractivity contribution is 5.89. The molecule has 4 aromatic rings. The van der Waals surface area contributed by atoms with E-state index < -0.39 is 0 Å². The lowest BCUT2D eigenvalue weighted by Gasteiger charge is -2.20. The van der Waals surface area contributed by atoms with Crippen molar-refractivity contribution in [3.63, 3.8) is 0 Å². The number of benzene rings is 4. The molecule has 0 amide bonds. The molecule has 186 valence electrons. The summed E-state index contributed by atoms with van der Waals surface area (Å²) in [6.45, 7) is 4.57. The van der Waals surface area contributed by atoms with Crippen LogP contribution in [-0.2, 0) is 0 Å². The minimum Gasteiger partial charge on any atom is -0.0836 e. The van der Waals surface area contributed by atoms with E-state index in [2.05, 4.69) is 135 Å². The van der Waals surface area contributed by atoms with E-state index in [9.17, 15) is 0 Å². The summed E-state index contributed by atoms with van der Waals surface area (Å²) in [6.07, 6.45) is 13.8. The number of hydrogen-bond acceptors (Lipinski definition) is 0. The molecule has 0 bridgehead atoms.